The zero-order valence-electron chi connectivity index (χ0n) is 8.38. The van der Waals surface area contributed by atoms with E-state index in [0.29, 0.717) is 0 Å². The summed E-state index contributed by atoms with van der Waals surface area (Å²) >= 11 is 4.80. The molecule has 4 nitrogen and oxygen atoms in total. The number of hydrogen-bond acceptors (Lipinski definition) is 4. The van der Waals surface area contributed by atoms with Gasteiger partial charge in [0.05, 0.1) is 5.52 Å². The standard InChI is InChI=1S/C10H7BrN4S/c1-15-7-5-3-2-4-6(7)8(14-15)9-12-13-10(11)16-9/h2-5H,1H3. The SMILES string of the molecule is Cn1nc(-c2nnc(Br)s2)c2ccccc21. The Labute approximate surface area is 104 Å². The van der Waals surface area contributed by atoms with E-state index in [9.17, 15) is 0 Å². The lowest BCUT2D eigenvalue weighted by molar-refractivity contribution is 0.799. The van der Waals surface area contributed by atoms with Crippen LogP contribution < -0.4 is 0 Å². The van der Waals surface area contributed by atoms with Crippen molar-refractivity contribution in [2.75, 3.05) is 0 Å². The van der Waals surface area contributed by atoms with Gasteiger partial charge < -0.3 is 0 Å². The van der Waals surface area contributed by atoms with E-state index in [1.165, 1.54) is 11.3 Å². The Balaban J connectivity index is 2.32. The average molecular weight is 295 g/mol. The van der Waals surface area contributed by atoms with Crippen LogP contribution in [0.15, 0.2) is 28.2 Å². The van der Waals surface area contributed by atoms with Gasteiger partial charge in [0, 0.05) is 12.4 Å². The Morgan fingerprint density at radius 3 is 2.81 bits per heavy atom. The smallest absolute Gasteiger partial charge is 0.183 e. The van der Waals surface area contributed by atoms with Crippen LogP contribution in [0.4, 0.5) is 0 Å². The van der Waals surface area contributed by atoms with Crippen LogP contribution >= 0.6 is 27.3 Å². The van der Waals surface area contributed by atoms with Crippen molar-refractivity contribution in [3.63, 3.8) is 0 Å². The van der Waals surface area contributed by atoms with Gasteiger partial charge in [-0.25, -0.2) is 0 Å². The van der Waals surface area contributed by atoms with Crippen LogP contribution in [0, 0.1) is 0 Å². The van der Waals surface area contributed by atoms with Gasteiger partial charge in [-0.15, -0.1) is 10.2 Å². The van der Waals surface area contributed by atoms with Gasteiger partial charge in [0.15, 0.2) is 8.92 Å². The minimum absolute atomic E-state index is 0.775. The molecule has 0 spiro atoms. The molecule has 0 fully saturated rings. The van der Waals surface area contributed by atoms with E-state index in [-0.39, 0.29) is 0 Å². The molecule has 2 aromatic heterocycles. The van der Waals surface area contributed by atoms with E-state index in [2.05, 4.69) is 31.2 Å². The molecule has 0 aliphatic rings. The molecule has 3 rings (SSSR count). The molecule has 6 heteroatoms. The quantitative estimate of drug-likeness (QED) is 0.693. The van der Waals surface area contributed by atoms with Gasteiger partial charge in [0.1, 0.15) is 5.69 Å². The van der Waals surface area contributed by atoms with Gasteiger partial charge in [-0.1, -0.05) is 29.5 Å². The van der Waals surface area contributed by atoms with Crippen LogP contribution in [0.2, 0.25) is 0 Å². The fraction of sp³-hybridized carbons (Fsp3) is 0.100. The Morgan fingerprint density at radius 1 is 1.25 bits per heavy atom. The number of nitrogens with zero attached hydrogens (tertiary/aromatic N) is 4. The first-order chi connectivity index (χ1) is 7.75. The molecule has 0 bridgehead atoms. The maximum Gasteiger partial charge on any atom is 0.183 e. The first-order valence-corrected chi connectivity index (χ1v) is 6.28. The fourth-order valence-electron chi connectivity index (χ4n) is 1.67. The zero-order chi connectivity index (χ0) is 11.1. The first kappa shape index (κ1) is 9.92. The summed E-state index contributed by atoms with van der Waals surface area (Å²) in [6.07, 6.45) is 0. The average Bonchev–Trinajstić information content (AvgIpc) is 2.84. The molecule has 0 saturated carbocycles. The molecule has 0 amide bonds. The summed E-state index contributed by atoms with van der Waals surface area (Å²) in [7, 11) is 1.93. The molecule has 16 heavy (non-hydrogen) atoms. The molecule has 0 aliphatic heterocycles. The molecule has 80 valence electrons. The van der Waals surface area contributed by atoms with E-state index >= 15 is 0 Å². The third-order valence-corrected chi connectivity index (χ3v) is 3.72. The predicted octanol–water partition coefficient (Wildman–Crippen LogP) is 2.85. The summed E-state index contributed by atoms with van der Waals surface area (Å²) in [5.74, 6) is 0. The summed E-state index contributed by atoms with van der Waals surface area (Å²) in [5.41, 5.74) is 1.99. The summed E-state index contributed by atoms with van der Waals surface area (Å²) in [5, 5.41) is 14.5. The number of rotatable bonds is 1. The molecule has 2 heterocycles. The molecule has 0 saturated heterocycles. The van der Waals surface area contributed by atoms with Crippen molar-refractivity contribution < 1.29 is 0 Å². The minimum atomic E-state index is 0.775. The van der Waals surface area contributed by atoms with Crippen LogP contribution in [0.3, 0.4) is 0 Å². The van der Waals surface area contributed by atoms with E-state index in [4.69, 9.17) is 0 Å². The highest BCUT2D eigenvalue weighted by Crippen LogP contribution is 2.30. The highest BCUT2D eigenvalue weighted by molar-refractivity contribution is 9.11. The van der Waals surface area contributed by atoms with Crippen molar-refractivity contribution in [1.82, 2.24) is 20.0 Å². The number of para-hydroxylation sites is 1. The summed E-state index contributed by atoms with van der Waals surface area (Å²) < 4.78 is 2.64. The van der Waals surface area contributed by atoms with E-state index < -0.39 is 0 Å². The zero-order valence-corrected chi connectivity index (χ0v) is 10.8. The monoisotopic (exact) mass is 294 g/mol. The molecule has 0 N–H and O–H groups in total. The van der Waals surface area contributed by atoms with Crippen LogP contribution in [-0.2, 0) is 7.05 Å². The maximum absolute atomic E-state index is 4.48. The maximum atomic E-state index is 4.48. The molecule has 0 radical (unpaired) electrons. The van der Waals surface area contributed by atoms with Gasteiger partial charge in [-0.3, -0.25) is 4.68 Å². The number of aromatic nitrogens is 4. The van der Waals surface area contributed by atoms with E-state index in [0.717, 1.165) is 25.5 Å². The molecular formula is C10H7BrN4S. The van der Waals surface area contributed by atoms with Gasteiger partial charge in [0.2, 0.25) is 0 Å². The topological polar surface area (TPSA) is 43.6 Å². The lowest BCUT2D eigenvalue weighted by Crippen LogP contribution is -1.89. The van der Waals surface area contributed by atoms with Crippen LogP contribution in [0.25, 0.3) is 21.6 Å². The number of aryl methyl sites for hydroxylation is 1. The van der Waals surface area contributed by atoms with Gasteiger partial charge >= 0.3 is 0 Å². The molecular weight excluding hydrogens is 288 g/mol. The Bertz CT molecular complexity index is 658. The van der Waals surface area contributed by atoms with E-state index in [1.807, 2.05) is 36.0 Å². The van der Waals surface area contributed by atoms with Gasteiger partial charge in [-0.05, 0) is 22.0 Å². The molecule has 0 aliphatic carbocycles. The van der Waals surface area contributed by atoms with Crippen LogP contribution in [0.1, 0.15) is 0 Å². The second-order valence-electron chi connectivity index (χ2n) is 3.35. The van der Waals surface area contributed by atoms with Crippen LogP contribution in [0.5, 0.6) is 0 Å². The lowest BCUT2D eigenvalue weighted by atomic mass is 10.2. The second kappa shape index (κ2) is 3.64. The normalized spacial score (nSPS) is 11.1. The first-order valence-electron chi connectivity index (χ1n) is 4.67. The molecule has 1 aromatic carbocycles. The molecule has 0 atom stereocenters. The number of halogens is 1. The Morgan fingerprint density at radius 2 is 2.06 bits per heavy atom. The summed E-state index contributed by atoms with van der Waals surface area (Å²) in [4.78, 5) is 0. The van der Waals surface area contributed by atoms with Crippen molar-refractivity contribution in [3.8, 4) is 10.7 Å². The highest BCUT2D eigenvalue weighted by atomic mass is 79.9. The fourth-order valence-corrected chi connectivity index (χ4v) is 2.78. The predicted molar refractivity (Wildman–Crippen MR) is 67.3 cm³/mol. The van der Waals surface area contributed by atoms with Crippen molar-refractivity contribution >= 4 is 38.2 Å². The number of fused-ring (bicyclic) bond motifs is 1. The second-order valence-corrected chi connectivity index (χ2v) is 5.60. The van der Waals surface area contributed by atoms with E-state index in [1.54, 1.807) is 0 Å². The minimum Gasteiger partial charge on any atom is -0.267 e. The van der Waals surface area contributed by atoms with Crippen molar-refractivity contribution in [3.05, 3.63) is 28.2 Å². The molecule has 0 unspecified atom stereocenters. The Kier molecular flexibility index (Phi) is 2.26. The van der Waals surface area contributed by atoms with Crippen molar-refractivity contribution in [1.29, 1.82) is 0 Å². The van der Waals surface area contributed by atoms with Gasteiger partial charge in [-0.2, -0.15) is 5.10 Å². The Hall–Kier alpha value is -1.27. The number of benzene rings is 1. The summed E-state index contributed by atoms with van der Waals surface area (Å²) in [6.45, 7) is 0. The number of hydrogen-bond donors (Lipinski definition) is 0. The third kappa shape index (κ3) is 1.45. The third-order valence-electron chi connectivity index (χ3n) is 2.36. The van der Waals surface area contributed by atoms with Crippen molar-refractivity contribution in [2.24, 2.45) is 7.05 Å². The van der Waals surface area contributed by atoms with Gasteiger partial charge in [0.25, 0.3) is 0 Å². The highest BCUT2D eigenvalue weighted by Gasteiger charge is 2.13. The van der Waals surface area contributed by atoms with Crippen molar-refractivity contribution in [2.45, 2.75) is 0 Å². The van der Waals surface area contributed by atoms with Crippen LogP contribution in [-0.4, -0.2) is 20.0 Å². The molecule has 3 aromatic rings. The summed E-state index contributed by atoms with van der Waals surface area (Å²) in [6, 6.07) is 8.10. The lowest BCUT2D eigenvalue weighted by Gasteiger charge is -1.90. The largest absolute Gasteiger partial charge is 0.267 e.